The van der Waals surface area contributed by atoms with E-state index in [9.17, 15) is 19.2 Å². The number of imide groups is 1. The van der Waals surface area contributed by atoms with Gasteiger partial charge in [-0.3, -0.25) is 19.2 Å². The molecule has 0 spiro atoms. The van der Waals surface area contributed by atoms with Gasteiger partial charge in [-0.1, -0.05) is 18.2 Å². The zero-order valence-electron chi connectivity index (χ0n) is 14.3. The van der Waals surface area contributed by atoms with Gasteiger partial charge in [-0.15, -0.1) is 11.8 Å². The molecule has 1 saturated heterocycles. The number of primary amides is 1. The molecule has 0 radical (unpaired) electrons. The Morgan fingerprint density at radius 3 is 2.37 bits per heavy atom. The fourth-order valence-corrected chi connectivity index (χ4v) is 3.61. The van der Waals surface area contributed by atoms with Crippen molar-refractivity contribution in [2.45, 2.75) is 11.7 Å². The van der Waals surface area contributed by atoms with E-state index in [1.807, 2.05) is 0 Å². The Hall–Kier alpha value is -3.13. The molecular weight excluding hydrogens is 366 g/mol. The lowest BCUT2D eigenvalue weighted by Gasteiger charge is -2.14. The van der Waals surface area contributed by atoms with Crippen molar-refractivity contribution in [3.8, 4) is 0 Å². The van der Waals surface area contributed by atoms with Crippen LogP contribution < -0.4 is 16.0 Å². The molecule has 8 heteroatoms. The number of nitrogens with zero attached hydrogens (tertiary/aromatic N) is 1. The van der Waals surface area contributed by atoms with E-state index < -0.39 is 11.2 Å². The van der Waals surface area contributed by atoms with Crippen molar-refractivity contribution in [1.29, 1.82) is 0 Å². The van der Waals surface area contributed by atoms with E-state index in [1.54, 1.807) is 42.5 Å². The minimum absolute atomic E-state index is 0.0316. The summed E-state index contributed by atoms with van der Waals surface area (Å²) in [5.74, 6) is -1.40. The van der Waals surface area contributed by atoms with E-state index >= 15 is 0 Å². The highest BCUT2D eigenvalue weighted by molar-refractivity contribution is 8.01. The summed E-state index contributed by atoms with van der Waals surface area (Å²) in [5, 5.41) is 2.10. The Balaban J connectivity index is 1.55. The Morgan fingerprint density at radius 2 is 1.74 bits per heavy atom. The van der Waals surface area contributed by atoms with E-state index in [2.05, 4.69) is 5.32 Å². The molecule has 138 valence electrons. The van der Waals surface area contributed by atoms with Gasteiger partial charge in [0.05, 0.1) is 16.7 Å². The van der Waals surface area contributed by atoms with Crippen LogP contribution in [0.5, 0.6) is 0 Å². The number of para-hydroxylation sites is 1. The second-order valence-electron chi connectivity index (χ2n) is 5.90. The molecule has 27 heavy (non-hydrogen) atoms. The van der Waals surface area contributed by atoms with E-state index in [0.717, 1.165) is 16.7 Å². The first-order valence-corrected chi connectivity index (χ1v) is 9.24. The van der Waals surface area contributed by atoms with Crippen molar-refractivity contribution < 1.29 is 19.2 Å². The van der Waals surface area contributed by atoms with Crippen LogP contribution in [0.1, 0.15) is 16.8 Å². The van der Waals surface area contributed by atoms with Crippen molar-refractivity contribution in [1.82, 2.24) is 0 Å². The Morgan fingerprint density at radius 1 is 1.07 bits per heavy atom. The highest BCUT2D eigenvalue weighted by Crippen LogP contribution is 2.29. The normalized spacial score (nSPS) is 16.4. The summed E-state index contributed by atoms with van der Waals surface area (Å²) in [6.45, 7) is 0. The smallest absolute Gasteiger partial charge is 0.248 e. The second kappa shape index (κ2) is 8.05. The number of hydrogen-bond donors (Lipinski definition) is 2. The molecule has 3 N–H and O–H groups in total. The average Bonchev–Trinajstić information content (AvgIpc) is 2.94. The van der Waals surface area contributed by atoms with Gasteiger partial charge in [0.2, 0.25) is 23.6 Å². The Kier molecular flexibility index (Phi) is 5.56. The third-order valence-electron chi connectivity index (χ3n) is 3.99. The molecule has 3 rings (SSSR count). The van der Waals surface area contributed by atoms with Gasteiger partial charge in [0.15, 0.2) is 0 Å². The van der Waals surface area contributed by atoms with Gasteiger partial charge in [0.25, 0.3) is 0 Å². The van der Waals surface area contributed by atoms with Gasteiger partial charge in [-0.25, -0.2) is 4.90 Å². The summed E-state index contributed by atoms with van der Waals surface area (Å²) in [6.07, 6.45) is 0.0684. The maximum absolute atomic E-state index is 12.5. The number of carbonyl (C=O) groups is 4. The predicted molar refractivity (Wildman–Crippen MR) is 103 cm³/mol. The molecule has 1 fully saturated rings. The topological polar surface area (TPSA) is 110 Å². The second-order valence-corrected chi connectivity index (χ2v) is 7.09. The molecule has 1 aliphatic heterocycles. The van der Waals surface area contributed by atoms with Crippen molar-refractivity contribution in [3.05, 3.63) is 60.2 Å². The third-order valence-corrected chi connectivity index (χ3v) is 5.19. The van der Waals surface area contributed by atoms with Crippen LogP contribution >= 0.6 is 11.8 Å². The summed E-state index contributed by atoms with van der Waals surface area (Å²) in [5.41, 5.74) is 6.57. The third kappa shape index (κ3) is 4.35. The van der Waals surface area contributed by atoms with E-state index in [0.29, 0.717) is 16.9 Å². The summed E-state index contributed by atoms with van der Waals surface area (Å²) in [6, 6.07) is 14.9. The lowest BCUT2D eigenvalue weighted by atomic mass is 10.2. The molecule has 0 bridgehead atoms. The van der Waals surface area contributed by atoms with Crippen LogP contribution in [-0.2, 0) is 14.4 Å². The minimum Gasteiger partial charge on any atom is -0.366 e. The Labute approximate surface area is 159 Å². The van der Waals surface area contributed by atoms with Crippen LogP contribution in [0.4, 0.5) is 11.4 Å². The van der Waals surface area contributed by atoms with E-state index in [1.165, 1.54) is 12.1 Å². The monoisotopic (exact) mass is 383 g/mol. The highest BCUT2D eigenvalue weighted by Gasteiger charge is 2.39. The van der Waals surface area contributed by atoms with Crippen molar-refractivity contribution in [2.24, 2.45) is 5.73 Å². The van der Waals surface area contributed by atoms with Crippen LogP contribution in [0.25, 0.3) is 0 Å². The standard InChI is InChI=1S/C19H17N3O4S/c20-18(25)12-6-8-13(9-7-12)21-16(23)11-27-15-10-17(24)22(19(15)26)14-4-2-1-3-5-14/h1-9,15H,10-11H2,(H2,20,25)(H,21,23)/t15-/m1/s1. The number of rotatable bonds is 6. The van der Waals surface area contributed by atoms with Crippen LogP contribution in [-0.4, -0.2) is 34.6 Å². The quantitative estimate of drug-likeness (QED) is 0.739. The predicted octanol–water partition coefficient (Wildman–Crippen LogP) is 1.79. The molecule has 0 unspecified atom stereocenters. The number of benzene rings is 2. The number of nitrogens with two attached hydrogens (primary N) is 1. The highest BCUT2D eigenvalue weighted by atomic mass is 32.2. The van der Waals surface area contributed by atoms with Gasteiger partial charge in [0, 0.05) is 17.7 Å². The zero-order valence-corrected chi connectivity index (χ0v) is 15.1. The average molecular weight is 383 g/mol. The number of thioether (sulfide) groups is 1. The fourth-order valence-electron chi connectivity index (χ4n) is 2.67. The molecule has 2 aromatic carbocycles. The number of amides is 4. The van der Waals surface area contributed by atoms with Gasteiger partial charge in [0.1, 0.15) is 0 Å². The molecule has 0 aromatic heterocycles. The van der Waals surface area contributed by atoms with Crippen molar-refractivity contribution in [2.75, 3.05) is 16.0 Å². The summed E-state index contributed by atoms with van der Waals surface area (Å²) >= 11 is 1.13. The SMILES string of the molecule is NC(=O)c1ccc(NC(=O)CS[C@@H]2CC(=O)N(c3ccccc3)C2=O)cc1. The van der Waals surface area contributed by atoms with Crippen LogP contribution in [0.15, 0.2) is 54.6 Å². The lowest BCUT2D eigenvalue weighted by Crippen LogP contribution is -2.31. The Bertz CT molecular complexity index is 884. The summed E-state index contributed by atoms with van der Waals surface area (Å²) in [7, 11) is 0. The minimum atomic E-state index is -0.583. The fraction of sp³-hybridized carbons (Fsp3) is 0.158. The number of carbonyl (C=O) groups excluding carboxylic acids is 4. The van der Waals surface area contributed by atoms with Crippen LogP contribution in [0.2, 0.25) is 0 Å². The number of anilines is 2. The lowest BCUT2D eigenvalue weighted by molar-refractivity contribution is -0.121. The van der Waals surface area contributed by atoms with E-state index in [4.69, 9.17) is 5.73 Å². The van der Waals surface area contributed by atoms with Crippen molar-refractivity contribution in [3.63, 3.8) is 0 Å². The number of nitrogens with one attached hydrogen (secondary N) is 1. The first-order chi connectivity index (χ1) is 13.0. The van der Waals surface area contributed by atoms with E-state index in [-0.39, 0.29) is 29.9 Å². The van der Waals surface area contributed by atoms with Crippen LogP contribution in [0, 0.1) is 0 Å². The van der Waals surface area contributed by atoms with Crippen molar-refractivity contribution >= 4 is 46.8 Å². The maximum Gasteiger partial charge on any atom is 0.248 e. The first kappa shape index (κ1) is 18.7. The molecule has 1 aliphatic rings. The summed E-state index contributed by atoms with van der Waals surface area (Å²) < 4.78 is 0. The molecule has 0 saturated carbocycles. The molecule has 0 aliphatic carbocycles. The summed E-state index contributed by atoms with van der Waals surface area (Å²) in [4.78, 5) is 49.0. The molecule has 7 nitrogen and oxygen atoms in total. The van der Waals surface area contributed by atoms with Gasteiger partial charge < -0.3 is 11.1 Å². The van der Waals surface area contributed by atoms with Gasteiger partial charge in [-0.2, -0.15) is 0 Å². The zero-order chi connectivity index (χ0) is 19.4. The van der Waals surface area contributed by atoms with Gasteiger partial charge >= 0.3 is 0 Å². The van der Waals surface area contributed by atoms with Crippen LogP contribution in [0.3, 0.4) is 0 Å². The maximum atomic E-state index is 12.5. The largest absolute Gasteiger partial charge is 0.366 e. The first-order valence-electron chi connectivity index (χ1n) is 8.19. The number of hydrogen-bond acceptors (Lipinski definition) is 5. The van der Waals surface area contributed by atoms with Gasteiger partial charge in [-0.05, 0) is 36.4 Å². The molecular formula is C19H17N3O4S. The molecule has 1 heterocycles. The molecule has 2 aromatic rings. The molecule has 4 amide bonds. The molecule has 1 atom stereocenters.